The third-order valence-electron chi connectivity index (χ3n) is 7.24. The van der Waals surface area contributed by atoms with Crippen LogP contribution in [0.15, 0.2) is 91.0 Å². The lowest BCUT2D eigenvalue weighted by Crippen LogP contribution is -1.89. The molecule has 0 radical (unpaired) electrons. The van der Waals surface area contributed by atoms with Crippen LogP contribution in [0.2, 0.25) is 0 Å². The zero-order chi connectivity index (χ0) is 20.3. The van der Waals surface area contributed by atoms with Gasteiger partial charge in [0, 0.05) is 44.9 Å². The first-order chi connectivity index (χ1) is 15.3. The molecule has 8 rings (SSSR count). The van der Waals surface area contributed by atoms with E-state index in [1.807, 2.05) is 0 Å². The highest BCUT2D eigenvalue weighted by Gasteiger charge is 2.21. The Hall–Kier alpha value is -4.04. The predicted octanol–water partition coefficient (Wildman–Crippen LogP) is 7.63. The van der Waals surface area contributed by atoms with E-state index in [4.69, 9.17) is 0 Å². The van der Waals surface area contributed by atoms with Gasteiger partial charge in [-0.15, -0.1) is 0 Å². The van der Waals surface area contributed by atoms with Gasteiger partial charge < -0.3 is 8.97 Å². The SMILES string of the molecule is Cn1c2cccc3c4ccc5ccccc5c4n4c5ccccc5c5ccc1c(c32)c54. The Labute approximate surface area is 177 Å². The van der Waals surface area contributed by atoms with Gasteiger partial charge >= 0.3 is 0 Å². The quantitative estimate of drug-likeness (QED) is 0.250. The molecule has 0 aliphatic rings. The first kappa shape index (κ1) is 15.8. The Kier molecular flexibility index (Phi) is 2.62. The van der Waals surface area contributed by atoms with Crippen LogP contribution in [0.3, 0.4) is 0 Å². The molecule has 0 unspecified atom stereocenters. The van der Waals surface area contributed by atoms with Gasteiger partial charge in [-0.3, -0.25) is 0 Å². The second-order valence-corrected chi connectivity index (χ2v) is 8.65. The largest absolute Gasteiger partial charge is 0.344 e. The van der Waals surface area contributed by atoms with Crippen LogP contribution in [0.1, 0.15) is 0 Å². The molecule has 31 heavy (non-hydrogen) atoms. The fraction of sp³-hybridized carbons (Fsp3) is 0.0345. The van der Waals surface area contributed by atoms with Crippen molar-refractivity contribution in [3.8, 4) is 0 Å². The summed E-state index contributed by atoms with van der Waals surface area (Å²) in [5.41, 5.74) is 6.47. The van der Waals surface area contributed by atoms with Crippen LogP contribution in [0.4, 0.5) is 0 Å². The molecule has 3 heterocycles. The number of para-hydroxylation sites is 1. The molecule has 8 aromatic rings. The van der Waals surface area contributed by atoms with Crippen molar-refractivity contribution < 1.29 is 0 Å². The second kappa shape index (κ2) is 5.16. The summed E-state index contributed by atoms with van der Waals surface area (Å²) in [5.74, 6) is 0. The molecule has 5 aromatic carbocycles. The Bertz CT molecular complexity index is 2000. The van der Waals surface area contributed by atoms with Gasteiger partial charge in [0.05, 0.1) is 22.1 Å². The lowest BCUT2D eigenvalue weighted by Gasteiger charge is -2.07. The van der Waals surface area contributed by atoms with E-state index in [9.17, 15) is 0 Å². The summed E-state index contributed by atoms with van der Waals surface area (Å²) in [6, 6.07) is 33.6. The van der Waals surface area contributed by atoms with Crippen molar-refractivity contribution in [3.05, 3.63) is 91.0 Å². The van der Waals surface area contributed by atoms with Crippen LogP contribution in [-0.4, -0.2) is 8.97 Å². The zero-order valence-corrected chi connectivity index (χ0v) is 17.1. The number of fused-ring (bicyclic) bond motifs is 8. The van der Waals surface area contributed by atoms with E-state index in [0.29, 0.717) is 0 Å². The third-order valence-corrected chi connectivity index (χ3v) is 7.24. The molecular weight excluding hydrogens is 376 g/mol. The smallest absolute Gasteiger partial charge is 0.0642 e. The standard InChI is InChI=1S/C29H18N2/c1-30-24-12-6-10-20-22-14-13-17-7-2-3-8-18(17)28(22)31-23-11-5-4-9-19(23)21-15-16-25(30)27(26(20)24)29(21)31/h2-16H,1H3. The minimum atomic E-state index is 1.27. The summed E-state index contributed by atoms with van der Waals surface area (Å²) in [6.45, 7) is 0. The van der Waals surface area contributed by atoms with Gasteiger partial charge in [0.15, 0.2) is 0 Å². The number of benzene rings is 5. The van der Waals surface area contributed by atoms with Crippen molar-refractivity contribution in [2.75, 3.05) is 0 Å². The van der Waals surface area contributed by atoms with E-state index >= 15 is 0 Å². The maximum Gasteiger partial charge on any atom is 0.0642 e. The predicted molar refractivity (Wildman–Crippen MR) is 133 cm³/mol. The molecule has 0 fully saturated rings. The molecule has 0 aliphatic carbocycles. The van der Waals surface area contributed by atoms with Crippen LogP contribution in [0.5, 0.6) is 0 Å². The van der Waals surface area contributed by atoms with Gasteiger partial charge in [-0.2, -0.15) is 0 Å². The molecule has 3 aromatic heterocycles. The van der Waals surface area contributed by atoms with Crippen LogP contribution in [-0.2, 0) is 7.05 Å². The fourth-order valence-electron chi connectivity index (χ4n) is 5.96. The highest BCUT2D eigenvalue weighted by Crippen LogP contribution is 2.44. The molecule has 0 amide bonds. The lowest BCUT2D eigenvalue weighted by atomic mass is 10.0. The number of aromatic nitrogens is 2. The Balaban J connectivity index is 1.94. The average Bonchev–Trinajstić information content (AvgIpc) is 3.26. The number of nitrogens with zero attached hydrogens (tertiary/aromatic N) is 2. The molecule has 0 aliphatic heterocycles. The number of rotatable bonds is 0. The summed E-state index contributed by atoms with van der Waals surface area (Å²) in [7, 11) is 2.19. The highest BCUT2D eigenvalue weighted by atomic mass is 15.0. The van der Waals surface area contributed by atoms with E-state index in [2.05, 4.69) is 107 Å². The molecule has 2 heteroatoms. The summed E-state index contributed by atoms with van der Waals surface area (Å²) >= 11 is 0. The number of hydrogen-bond acceptors (Lipinski definition) is 0. The van der Waals surface area contributed by atoms with E-state index < -0.39 is 0 Å². The molecule has 0 spiro atoms. The molecule has 144 valence electrons. The van der Waals surface area contributed by atoms with Gasteiger partial charge in [0.2, 0.25) is 0 Å². The second-order valence-electron chi connectivity index (χ2n) is 8.65. The van der Waals surface area contributed by atoms with Crippen molar-refractivity contribution in [2.24, 2.45) is 7.05 Å². The molecule has 0 N–H and O–H groups in total. The van der Waals surface area contributed by atoms with Crippen LogP contribution in [0, 0.1) is 0 Å². The van der Waals surface area contributed by atoms with E-state index in [1.54, 1.807) is 0 Å². The number of hydrogen-bond donors (Lipinski definition) is 0. The Morgan fingerprint density at radius 2 is 1.13 bits per heavy atom. The van der Waals surface area contributed by atoms with Crippen molar-refractivity contribution in [3.63, 3.8) is 0 Å². The summed E-state index contributed by atoms with van der Waals surface area (Å²) in [4.78, 5) is 0. The normalized spacial score (nSPS) is 12.7. The summed E-state index contributed by atoms with van der Waals surface area (Å²) in [6.07, 6.45) is 0. The maximum atomic E-state index is 2.53. The van der Waals surface area contributed by atoms with Crippen molar-refractivity contribution in [1.29, 1.82) is 0 Å². The Morgan fingerprint density at radius 3 is 2.06 bits per heavy atom. The van der Waals surface area contributed by atoms with E-state index in [1.165, 1.54) is 70.7 Å². The molecule has 0 saturated heterocycles. The Morgan fingerprint density at radius 1 is 0.452 bits per heavy atom. The van der Waals surface area contributed by atoms with Gasteiger partial charge in [-0.05, 0) is 29.0 Å². The molecule has 0 atom stereocenters. The average molecular weight is 394 g/mol. The third kappa shape index (κ3) is 1.69. The monoisotopic (exact) mass is 394 g/mol. The van der Waals surface area contributed by atoms with E-state index in [-0.39, 0.29) is 0 Å². The van der Waals surface area contributed by atoms with Crippen molar-refractivity contribution in [1.82, 2.24) is 8.97 Å². The van der Waals surface area contributed by atoms with Crippen LogP contribution in [0.25, 0.3) is 70.7 Å². The summed E-state index contributed by atoms with van der Waals surface area (Å²) in [5, 5.41) is 10.6. The minimum absolute atomic E-state index is 1.27. The maximum absolute atomic E-state index is 2.53. The first-order valence-electron chi connectivity index (χ1n) is 10.8. The summed E-state index contributed by atoms with van der Waals surface area (Å²) < 4.78 is 4.88. The van der Waals surface area contributed by atoms with Gasteiger partial charge in [0.25, 0.3) is 0 Å². The number of aryl methyl sites for hydroxylation is 1. The van der Waals surface area contributed by atoms with Crippen molar-refractivity contribution >= 4 is 70.7 Å². The molecule has 0 bridgehead atoms. The van der Waals surface area contributed by atoms with Gasteiger partial charge in [0.1, 0.15) is 0 Å². The lowest BCUT2D eigenvalue weighted by molar-refractivity contribution is 1.01. The first-order valence-corrected chi connectivity index (χ1v) is 10.8. The fourth-order valence-corrected chi connectivity index (χ4v) is 5.96. The highest BCUT2D eigenvalue weighted by molar-refractivity contribution is 6.34. The van der Waals surface area contributed by atoms with Crippen LogP contribution >= 0.6 is 0 Å². The van der Waals surface area contributed by atoms with Crippen molar-refractivity contribution in [2.45, 2.75) is 0 Å². The molecular formula is C29H18N2. The van der Waals surface area contributed by atoms with Crippen LogP contribution < -0.4 is 0 Å². The van der Waals surface area contributed by atoms with Gasteiger partial charge in [-0.25, -0.2) is 0 Å². The molecule has 2 nitrogen and oxygen atoms in total. The van der Waals surface area contributed by atoms with E-state index in [0.717, 1.165) is 0 Å². The molecule has 0 saturated carbocycles. The topological polar surface area (TPSA) is 9.34 Å². The zero-order valence-electron chi connectivity index (χ0n) is 17.1. The van der Waals surface area contributed by atoms with Gasteiger partial charge in [-0.1, -0.05) is 72.8 Å². The minimum Gasteiger partial charge on any atom is -0.344 e.